The number of rotatable bonds is 6. The Morgan fingerprint density at radius 1 is 1.16 bits per heavy atom. The van der Waals surface area contributed by atoms with E-state index in [0.29, 0.717) is 27.8 Å². The van der Waals surface area contributed by atoms with Crippen molar-refractivity contribution in [1.82, 2.24) is 19.9 Å². The highest BCUT2D eigenvalue weighted by molar-refractivity contribution is 7.98. The summed E-state index contributed by atoms with van der Waals surface area (Å²) < 4.78 is 0. The van der Waals surface area contributed by atoms with E-state index < -0.39 is 0 Å². The standard InChI is InChI=1S/C22H19N5O2S2/c1-13-17(21(29)27-20(24-13)15-4-3-9-23-11-15)10-19(28)26-22-25-18(12-31-22)14-5-7-16(30-2)8-6-14/h3-9,11-12H,10H2,1-2H3,(H,24,27,29)(H,25,26,28). The maximum Gasteiger partial charge on any atom is 0.255 e. The van der Waals surface area contributed by atoms with E-state index in [2.05, 4.69) is 25.3 Å². The van der Waals surface area contributed by atoms with Gasteiger partial charge in [0.15, 0.2) is 5.13 Å². The van der Waals surface area contributed by atoms with Crippen LogP contribution in [-0.2, 0) is 11.2 Å². The first-order chi connectivity index (χ1) is 15.0. The molecule has 3 aromatic heterocycles. The Kier molecular flexibility index (Phi) is 6.24. The Hall–Kier alpha value is -3.30. The predicted molar refractivity (Wildman–Crippen MR) is 124 cm³/mol. The number of anilines is 1. The van der Waals surface area contributed by atoms with E-state index in [4.69, 9.17) is 0 Å². The maximum atomic E-state index is 12.6. The molecule has 0 atom stereocenters. The lowest BCUT2D eigenvalue weighted by molar-refractivity contribution is -0.115. The second-order valence-electron chi connectivity index (χ2n) is 6.71. The Bertz CT molecular complexity index is 1270. The highest BCUT2D eigenvalue weighted by atomic mass is 32.2. The summed E-state index contributed by atoms with van der Waals surface area (Å²) in [4.78, 5) is 42.0. The van der Waals surface area contributed by atoms with Crippen LogP contribution in [0, 0.1) is 6.92 Å². The van der Waals surface area contributed by atoms with Crippen molar-refractivity contribution in [1.29, 1.82) is 0 Å². The molecule has 1 amide bonds. The minimum atomic E-state index is -0.338. The summed E-state index contributed by atoms with van der Waals surface area (Å²) in [5, 5.41) is 5.16. The SMILES string of the molecule is CSc1ccc(-c2csc(NC(=O)Cc3c(C)nc(-c4cccnc4)[nH]c3=O)n2)cc1. The number of thioether (sulfide) groups is 1. The van der Waals surface area contributed by atoms with Crippen molar-refractivity contribution in [2.24, 2.45) is 0 Å². The third-order valence-electron chi connectivity index (χ3n) is 4.63. The average molecular weight is 450 g/mol. The van der Waals surface area contributed by atoms with Gasteiger partial charge in [-0.2, -0.15) is 0 Å². The van der Waals surface area contributed by atoms with Crippen molar-refractivity contribution >= 4 is 34.1 Å². The van der Waals surface area contributed by atoms with E-state index >= 15 is 0 Å². The number of aromatic nitrogens is 4. The number of benzene rings is 1. The van der Waals surface area contributed by atoms with E-state index in [1.807, 2.05) is 42.0 Å². The van der Waals surface area contributed by atoms with Gasteiger partial charge in [-0.05, 0) is 37.4 Å². The largest absolute Gasteiger partial charge is 0.306 e. The highest BCUT2D eigenvalue weighted by Crippen LogP contribution is 2.26. The van der Waals surface area contributed by atoms with Gasteiger partial charge in [0, 0.05) is 45.1 Å². The molecule has 2 N–H and O–H groups in total. The molecular weight excluding hydrogens is 430 g/mol. The summed E-state index contributed by atoms with van der Waals surface area (Å²) in [5.41, 5.74) is 2.98. The lowest BCUT2D eigenvalue weighted by Gasteiger charge is -2.07. The van der Waals surface area contributed by atoms with E-state index in [1.54, 1.807) is 37.1 Å². The molecule has 0 aliphatic heterocycles. The van der Waals surface area contributed by atoms with Gasteiger partial charge in [-0.3, -0.25) is 14.6 Å². The van der Waals surface area contributed by atoms with Crippen molar-refractivity contribution in [2.75, 3.05) is 11.6 Å². The molecule has 7 nitrogen and oxygen atoms in total. The molecule has 1 aromatic carbocycles. The number of nitrogens with zero attached hydrogens (tertiary/aromatic N) is 3. The van der Waals surface area contributed by atoms with Gasteiger partial charge in [-0.25, -0.2) is 9.97 Å². The van der Waals surface area contributed by atoms with E-state index in [0.717, 1.165) is 11.3 Å². The molecule has 0 radical (unpaired) electrons. The normalized spacial score (nSPS) is 10.8. The molecule has 4 rings (SSSR count). The number of nitrogens with one attached hydrogen (secondary N) is 2. The fourth-order valence-electron chi connectivity index (χ4n) is 3.01. The van der Waals surface area contributed by atoms with E-state index in [1.165, 1.54) is 16.2 Å². The number of carbonyl (C=O) groups is 1. The second-order valence-corrected chi connectivity index (χ2v) is 8.45. The number of aromatic amines is 1. The average Bonchev–Trinajstić information content (AvgIpc) is 3.25. The smallest absolute Gasteiger partial charge is 0.255 e. The van der Waals surface area contributed by atoms with Gasteiger partial charge in [0.2, 0.25) is 5.91 Å². The molecule has 3 heterocycles. The second kappa shape index (κ2) is 9.23. The van der Waals surface area contributed by atoms with Gasteiger partial charge in [0.25, 0.3) is 5.56 Å². The minimum absolute atomic E-state index is 0.0845. The Labute approximate surface area is 187 Å². The van der Waals surface area contributed by atoms with Gasteiger partial charge in [-0.1, -0.05) is 12.1 Å². The number of hydrogen-bond acceptors (Lipinski definition) is 7. The van der Waals surface area contributed by atoms with Crippen LogP contribution >= 0.6 is 23.1 Å². The van der Waals surface area contributed by atoms with Crippen molar-refractivity contribution in [3.63, 3.8) is 0 Å². The molecule has 4 aromatic rings. The quantitative estimate of drug-likeness (QED) is 0.429. The molecule has 156 valence electrons. The summed E-state index contributed by atoms with van der Waals surface area (Å²) in [5.74, 6) is 0.111. The first-order valence-corrected chi connectivity index (χ1v) is 11.5. The lowest BCUT2D eigenvalue weighted by Crippen LogP contribution is -2.23. The summed E-state index contributed by atoms with van der Waals surface area (Å²) in [6.45, 7) is 1.72. The molecule has 0 aliphatic rings. The number of carbonyl (C=O) groups excluding carboxylic acids is 1. The molecule has 0 bridgehead atoms. The number of hydrogen-bond donors (Lipinski definition) is 2. The van der Waals surface area contributed by atoms with Crippen LogP contribution < -0.4 is 10.9 Å². The van der Waals surface area contributed by atoms with Crippen molar-refractivity contribution < 1.29 is 4.79 Å². The van der Waals surface area contributed by atoms with Gasteiger partial charge in [0.1, 0.15) is 5.82 Å². The summed E-state index contributed by atoms with van der Waals surface area (Å²) >= 11 is 3.02. The van der Waals surface area contributed by atoms with Gasteiger partial charge >= 0.3 is 0 Å². The van der Waals surface area contributed by atoms with Crippen LogP contribution in [0.5, 0.6) is 0 Å². The number of aryl methyl sites for hydroxylation is 1. The zero-order valence-electron chi connectivity index (χ0n) is 16.9. The first-order valence-electron chi connectivity index (χ1n) is 9.43. The van der Waals surface area contributed by atoms with Gasteiger partial charge in [0.05, 0.1) is 12.1 Å². The minimum Gasteiger partial charge on any atom is -0.306 e. The van der Waals surface area contributed by atoms with Crippen LogP contribution in [0.2, 0.25) is 0 Å². The fourth-order valence-corrected chi connectivity index (χ4v) is 4.15. The Balaban J connectivity index is 1.47. The monoisotopic (exact) mass is 449 g/mol. The molecule has 0 aliphatic carbocycles. The molecule has 0 saturated heterocycles. The first kappa shape index (κ1) is 21.0. The van der Waals surface area contributed by atoms with Gasteiger partial charge < -0.3 is 10.3 Å². The summed E-state index contributed by atoms with van der Waals surface area (Å²) in [6, 6.07) is 11.7. The number of thiazole rings is 1. The number of pyridine rings is 1. The summed E-state index contributed by atoms with van der Waals surface area (Å²) in [6.07, 6.45) is 5.22. The van der Waals surface area contributed by atoms with E-state index in [-0.39, 0.29) is 17.9 Å². The maximum absolute atomic E-state index is 12.6. The topological polar surface area (TPSA) is 101 Å². The van der Waals surface area contributed by atoms with Crippen LogP contribution in [0.4, 0.5) is 5.13 Å². The predicted octanol–water partition coefficient (Wildman–Crippen LogP) is 4.17. The molecule has 31 heavy (non-hydrogen) atoms. The van der Waals surface area contributed by atoms with Crippen LogP contribution in [0.1, 0.15) is 11.3 Å². The third-order valence-corrected chi connectivity index (χ3v) is 6.13. The Morgan fingerprint density at radius 2 is 1.97 bits per heavy atom. The van der Waals surface area contributed by atoms with Crippen molar-refractivity contribution in [3.8, 4) is 22.6 Å². The zero-order chi connectivity index (χ0) is 21.8. The van der Waals surface area contributed by atoms with Crippen LogP contribution in [0.25, 0.3) is 22.6 Å². The van der Waals surface area contributed by atoms with Gasteiger partial charge in [-0.15, -0.1) is 23.1 Å². The third kappa shape index (κ3) is 4.89. The Morgan fingerprint density at radius 3 is 2.65 bits per heavy atom. The lowest BCUT2D eigenvalue weighted by atomic mass is 10.1. The van der Waals surface area contributed by atoms with E-state index in [9.17, 15) is 9.59 Å². The molecule has 0 saturated carbocycles. The molecular formula is C22H19N5O2S2. The van der Waals surface area contributed by atoms with Crippen molar-refractivity contribution in [3.05, 3.63) is 75.8 Å². The number of amides is 1. The molecule has 0 unspecified atom stereocenters. The van der Waals surface area contributed by atoms with Crippen LogP contribution in [0.15, 0.2) is 63.9 Å². The molecule has 9 heteroatoms. The summed E-state index contributed by atoms with van der Waals surface area (Å²) in [7, 11) is 0. The van der Waals surface area contributed by atoms with Crippen LogP contribution in [-0.4, -0.2) is 32.1 Å². The number of H-pyrrole nitrogens is 1. The van der Waals surface area contributed by atoms with Crippen LogP contribution in [0.3, 0.4) is 0 Å². The highest BCUT2D eigenvalue weighted by Gasteiger charge is 2.15. The molecule has 0 fully saturated rings. The fraction of sp³-hybridized carbons (Fsp3) is 0.136. The molecule has 0 spiro atoms. The zero-order valence-corrected chi connectivity index (χ0v) is 18.5. The van der Waals surface area contributed by atoms with Crippen molar-refractivity contribution in [2.45, 2.75) is 18.2 Å².